The topological polar surface area (TPSA) is 104 Å². The summed E-state index contributed by atoms with van der Waals surface area (Å²) in [5.41, 5.74) is 0.301. The zero-order valence-corrected chi connectivity index (χ0v) is 20.2. The van der Waals surface area contributed by atoms with Gasteiger partial charge < -0.3 is 9.64 Å². The van der Waals surface area contributed by atoms with Gasteiger partial charge in [-0.1, -0.05) is 11.3 Å². The van der Waals surface area contributed by atoms with Crippen LogP contribution < -0.4 is 16.0 Å². The van der Waals surface area contributed by atoms with E-state index in [0.29, 0.717) is 38.5 Å². The molecule has 35 heavy (non-hydrogen) atoms. The van der Waals surface area contributed by atoms with Crippen LogP contribution >= 0.6 is 11.3 Å². The van der Waals surface area contributed by atoms with Crippen LogP contribution in [0.5, 0.6) is 5.75 Å². The predicted octanol–water partition coefficient (Wildman–Crippen LogP) is 1.91. The average Bonchev–Trinajstić information content (AvgIpc) is 3.54. The quantitative estimate of drug-likeness (QED) is 0.402. The first-order chi connectivity index (χ1) is 16.8. The third-order valence-corrected chi connectivity index (χ3v) is 7.63. The number of carbonyl (C=O) groups excluding carboxylic acids is 1. The molecule has 5 rings (SSSR count). The first-order valence-corrected chi connectivity index (χ1v) is 11.8. The van der Waals surface area contributed by atoms with Crippen LogP contribution in [0.4, 0.5) is 4.39 Å². The fraction of sp³-hybridized carbons (Fsp3) is 0.348. The Hall–Kier alpha value is -3.80. The lowest BCUT2D eigenvalue weighted by molar-refractivity contribution is -0.126. The molecule has 1 aliphatic heterocycles. The molecule has 0 N–H and O–H groups in total. The summed E-state index contributed by atoms with van der Waals surface area (Å²) in [7, 11) is 3.15. The number of ether oxygens (including phenoxy) is 1. The molecule has 182 valence electrons. The van der Waals surface area contributed by atoms with Gasteiger partial charge in [-0.3, -0.25) is 18.7 Å². The lowest BCUT2D eigenvalue weighted by atomic mass is 10.1. The third kappa shape index (κ3) is 3.83. The molecule has 1 saturated heterocycles. The Morgan fingerprint density at radius 3 is 2.60 bits per heavy atom. The standard InChI is InChI=1S/C23H23FN6O4S/c1-13-19-20(32)29(16-11-18(31)27(2)12-16)23(33)28(22(19)35-21(13)30-25-7-8-26-30)9-6-14-10-15(24)4-5-17(14)34-3/h4-5,7-8,10,16H,6,9,11-12H2,1-3H3. The Morgan fingerprint density at radius 1 is 1.20 bits per heavy atom. The van der Waals surface area contributed by atoms with Gasteiger partial charge in [0.15, 0.2) is 0 Å². The van der Waals surface area contributed by atoms with Crippen LogP contribution in [0.1, 0.15) is 23.6 Å². The fourth-order valence-corrected chi connectivity index (χ4v) is 5.81. The molecule has 0 bridgehead atoms. The maximum atomic E-state index is 13.9. The van der Waals surface area contributed by atoms with E-state index >= 15 is 0 Å². The molecule has 0 spiro atoms. The van der Waals surface area contributed by atoms with Crippen molar-refractivity contribution in [2.75, 3.05) is 20.7 Å². The number of likely N-dealkylation sites (N-methyl/N-ethyl adjacent to an activating group) is 1. The Balaban J connectivity index is 1.70. The first-order valence-electron chi connectivity index (χ1n) is 11.0. The van der Waals surface area contributed by atoms with E-state index in [9.17, 15) is 18.8 Å². The molecule has 0 aliphatic carbocycles. The molecule has 1 fully saturated rings. The van der Waals surface area contributed by atoms with E-state index in [0.717, 1.165) is 0 Å². The highest BCUT2D eigenvalue weighted by molar-refractivity contribution is 7.21. The van der Waals surface area contributed by atoms with Crippen molar-refractivity contribution >= 4 is 27.5 Å². The summed E-state index contributed by atoms with van der Waals surface area (Å²) in [5, 5.41) is 9.37. The zero-order valence-electron chi connectivity index (χ0n) is 19.4. The molecule has 1 amide bonds. The number of amides is 1. The molecule has 4 heterocycles. The number of aromatic nitrogens is 5. The van der Waals surface area contributed by atoms with Crippen LogP contribution in [0.3, 0.4) is 0 Å². The molecule has 12 heteroatoms. The van der Waals surface area contributed by atoms with Crippen molar-refractivity contribution in [1.29, 1.82) is 0 Å². The van der Waals surface area contributed by atoms with Crippen molar-refractivity contribution in [3.8, 4) is 10.8 Å². The number of thiophene rings is 1. The molecule has 1 atom stereocenters. The van der Waals surface area contributed by atoms with Gasteiger partial charge in [0.05, 0.1) is 30.9 Å². The Labute approximate surface area is 202 Å². The minimum Gasteiger partial charge on any atom is -0.496 e. The van der Waals surface area contributed by atoms with Crippen molar-refractivity contribution in [2.24, 2.45) is 0 Å². The summed E-state index contributed by atoms with van der Waals surface area (Å²) in [6.45, 7) is 2.24. The zero-order chi connectivity index (χ0) is 24.9. The molecule has 1 aromatic carbocycles. The summed E-state index contributed by atoms with van der Waals surface area (Å²) >= 11 is 1.24. The second kappa shape index (κ2) is 8.77. The summed E-state index contributed by atoms with van der Waals surface area (Å²) in [5.74, 6) is -0.0217. The number of aryl methyl sites for hydroxylation is 3. The lowest BCUT2D eigenvalue weighted by Crippen LogP contribution is -2.43. The fourth-order valence-electron chi connectivity index (χ4n) is 4.57. The number of rotatable bonds is 6. The number of hydrogen-bond donors (Lipinski definition) is 0. The molecule has 3 aromatic heterocycles. The molecule has 1 unspecified atom stereocenters. The van der Waals surface area contributed by atoms with Gasteiger partial charge in [-0.25, -0.2) is 9.18 Å². The maximum Gasteiger partial charge on any atom is 0.332 e. The highest BCUT2D eigenvalue weighted by atomic mass is 32.1. The van der Waals surface area contributed by atoms with Crippen LogP contribution in [0.15, 0.2) is 40.2 Å². The molecule has 10 nitrogen and oxygen atoms in total. The highest BCUT2D eigenvalue weighted by Crippen LogP contribution is 2.31. The highest BCUT2D eigenvalue weighted by Gasteiger charge is 2.32. The van der Waals surface area contributed by atoms with E-state index in [2.05, 4.69) is 10.2 Å². The van der Waals surface area contributed by atoms with Crippen LogP contribution in [0.25, 0.3) is 15.2 Å². The van der Waals surface area contributed by atoms with Crippen molar-refractivity contribution in [2.45, 2.75) is 32.4 Å². The molecular formula is C23H23FN6O4S. The monoisotopic (exact) mass is 498 g/mol. The van der Waals surface area contributed by atoms with Gasteiger partial charge in [0.2, 0.25) is 5.91 Å². The number of fused-ring (bicyclic) bond motifs is 1. The van der Waals surface area contributed by atoms with Crippen molar-refractivity contribution in [3.63, 3.8) is 0 Å². The number of nitrogens with zero attached hydrogens (tertiary/aromatic N) is 6. The normalized spacial score (nSPS) is 15.9. The largest absolute Gasteiger partial charge is 0.496 e. The van der Waals surface area contributed by atoms with Gasteiger partial charge >= 0.3 is 5.69 Å². The van der Waals surface area contributed by atoms with Gasteiger partial charge in [-0.05, 0) is 37.1 Å². The van der Waals surface area contributed by atoms with E-state index in [4.69, 9.17) is 4.74 Å². The number of benzene rings is 1. The van der Waals surface area contributed by atoms with Crippen molar-refractivity contribution in [1.82, 2.24) is 29.0 Å². The number of hydrogen-bond acceptors (Lipinski definition) is 7. The minimum atomic E-state index is -0.572. The predicted molar refractivity (Wildman–Crippen MR) is 128 cm³/mol. The second-order valence-corrected chi connectivity index (χ2v) is 9.46. The molecule has 1 aliphatic rings. The van der Waals surface area contributed by atoms with E-state index < -0.39 is 23.1 Å². The SMILES string of the molecule is COc1ccc(F)cc1CCn1c(=O)n(C2CC(=O)N(C)C2)c(=O)c2c(C)c(-n3nccn3)sc21. The summed E-state index contributed by atoms with van der Waals surface area (Å²) in [6, 6.07) is 3.66. The maximum absolute atomic E-state index is 13.9. The Bertz CT molecular complexity index is 1550. The number of likely N-dealkylation sites (tertiary alicyclic amines) is 1. The molecule has 0 radical (unpaired) electrons. The van der Waals surface area contributed by atoms with Crippen LogP contribution in [-0.4, -0.2) is 55.6 Å². The Kier molecular flexibility index (Phi) is 5.75. The van der Waals surface area contributed by atoms with Gasteiger partial charge in [0, 0.05) is 32.1 Å². The smallest absolute Gasteiger partial charge is 0.332 e. The minimum absolute atomic E-state index is 0.0750. The second-order valence-electron chi connectivity index (χ2n) is 8.48. The lowest BCUT2D eigenvalue weighted by Gasteiger charge is -2.17. The van der Waals surface area contributed by atoms with Crippen LogP contribution in [-0.2, 0) is 17.8 Å². The van der Waals surface area contributed by atoms with E-state index in [1.165, 1.54) is 61.8 Å². The van der Waals surface area contributed by atoms with E-state index in [1.54, 1.807) is 20.0 Å². The average molecular weight is 499 g/mol. The first kappa shape index (κ1) is 23.0. The van der Waals surface area contributed by atoms with Crippen LogP contribution in [0.2, 0.25) is 0 Å². The van der Waals surface area contributed by atoms with Crippen molar-refractivity contribution in [3.05, 3.63) is 68.4 Å². The summed E-state index contributed by atoms with van der Waals surface area (Å²) < 4.78 is 22.0. The molecular weight excluding hydrogens is 475 g/mol. The van der Waals surface area contributed by atoms with E-state index in [-0.39, 0.29) is 25.4 Å². The number of halogens is 1. The van der Waals surface area contributed by atoms with Crippen molar-refractivity contribution < 1.29 is 13.9 Å². The molecule has 4 aromatic rings. The van der Waals surface area contributed by atoms with Gasteiger partial charge in [-0.15, -0.1) is 4.80 Å². The summed E-state index contributed by atoms with van der Waals surface area (Å²) in [6.07, 6.45) is 3.44. The number of methoxy groups -OCH3 is 1. The van der Waals surface area contributed by atoms with Gasteiger partial charge in [0.25, 0.3) is 5.56 Å². The third-order valence-electron chi connectivity index (χ3n) is 6.35. The van der Waals surface area contributed by atoms with E-state index in [1.807, 2.05) is 0 Å². The van der Waals surface area contributed by atoms with Gasteiger partial charge in [-0.2, -0.15) is 10.2 Å². The Morgan fingerprint density at radius 2 is 1.94 bits per heavy atom. The van der Waals surface area contributed by atoms with Gasteiger partial charge in [0.1, 0.15) is 21.4 Å². The summed E-state index contributed by atoms with van der Waals surface area (Å²) in [4.78, 5) is 43.0. The molecule has 0 saturated carbocycles. The number of carbonyl (C=O) groups is 1. The van der Waals surface area contributed by atoms with Crippen LogP contribution in [0, 0.1) is 12.7 Å².